The van der Waals surface area contributed by atoms with Gasteiger partial charge in [0.1, 0.15) is 11.3 Å². The second-order valence-corrected chi connectivity index (χ2v) is 5.31. The van der Waals surface area contributed by atoms with E-state index in [1.165, 1.54) is 6.07 Å². The molecule has 21 heavy (non-hydrogen) atoms. The molecule has 0 N–H and O–H groups in total. The average molecular weight is 287 g/mol. The Morgan fingerprint density at radius 3 is 2.86 bits per heavy atom. The third-order valence-corrected chi connectivity index (χ3v) is 3.98. The first-order chi connectivity index (χ1) is 10.2. The predicted octanol–water partition coefficient (Wildman–Crippen LogP) is 2.43. The van der Waals surface area contributed by atoms with Crippen LogP contribution in [-0.4, -0.2) is 42.0 Å². The molecule has 0 bridgehead atoms. The highest BCUT2D eigenvalue weighted by molar-refractivity contribution is 5.91. The number of fused-ring (bicyclic) bond motifs is 1. The van der Waals surface area contributed by atoms with Gasteiger partial charge in [-0.25, -0.2) is 4.39 Å². The molecule has 1 fully saturated rings. The van der Waals surface area contributed by atoms with Gasteiger partial charge in [0, 0.05) is 50.4 Å². The van der Waals surface area contributed by atoms with Crippen LogP contribution in [0.25, 0.3) is 10.9 Å². The third-order valence-electron chi connectivity index (χ3n) is 3.98. The largest absolute Gasteiger partial charge is 0.369 e. The van der Waals surface area contributed by atoms with E-state index in [4.69, 9.17) is 0 Å². The number of carbonyl (C=O) groups excluding carboxylic acids is 1. The third kappa shape index (κ3) is 2.68. The quantitative estimate of drug-likeness (QED) is 0.808. The van der Waals surface area contributed by atoms with Crippen LogP contribution in [0, 0.1) is 5.82 Å². The molecule has 1 saturated heterocycles. The standard InChI is InChI=1S/C16H18FN3O/c1-12(21)19-8-3-9-20(11-10-19)15-6-7-18-16-13(15)4-2-5-14(16)17/h2,4-7H,3,8-11H2,1H3. The zero-order valence-corrected chi connectivity index (χ0v) is 12.1. The topological polar surface area (TPSA) is 36.4 Å². The summed E-state index contributed by atoms with van der Waals surface area (Å²) < 4.78 is 13.8. The van der Waals surface area contributed by atoms with Gasteiger partial charge in [0.15, 0.2) is 0 Å². The van der Waals surface area contributed by atoms with Crippen molar-refractivity contribution in [2.75, 3.05) is 31.1 Å². The van der Waals surface area contributed by atoms with Crippen molar-refractivity contribution in [3.8, 4) is 0 Å². The summed E-state index contributed by atoms with van der Waals surface area (Å²) >= 11 is 0. The first-order valence-corrected chi connectivity index (χ1v) is 7.20. The van der Waals surface area contributed by atoms with Crippen molar-refractivity contribution in [2.24, 2.45) is 0 Å². The van der Waals surface area contributed by atoms with E-state index in [9.17, 15) is 9.18 Å². The van der Waals surface area contributed by atoms with E-state index in [0.29, 0.717) is 12.1 Å². The van der Waals surface area contributed by atoms with Crippen molar-refractivity contribution in [1.82, 2.24) is 9.88 Å². The molecule has 0 spiro atoms. The molecular formula is C16H18FN3O. The molecule has 1 aromatic carbocycles. The first kappa shape index (κ1) is 13.8. The lowest BCUT2D eigenvalue weighted by atomic mass is 10.1. The molecule has 1 amide bonds. The summed E-state index contributed by atoms with van der Waals surface area (Å²) in [6, 6.07) is 6.96. The number of hydrogen-bond donors (Lipinski definition) is 0. The minimum absolute atomic E-state index is 0.113. The maximum absolute atomic E-state index is 13.8. The van der Waals surface area contributed by atoms with Crippen LogP contribution in [0.5, 0.6) is 0 Å². The van der Waals surface area contributed by atoms with Crippen LogP contribution in [0.1, 0.15) is 13.3 Å². The van der Waals surface area contributed by atoms with Gasteiger partial charge < -0.3 is 9.80 Å². The number of nitrogens with zero attached hydrogens (tertiary/aromatic N) is 3. The van der Waals surface area contributed by atoms with Crippen molar-refractivity contribution in [2.45, 2.75) is 13.3 Å². The van der Waals surface area contributed by atoms with E-state index in [2.05, 4.69) is 9.88 Å². The van der Waals surface area contributed by atoms with Gasteiger partial charge in [-0.05, 0) is 18.6 Å². The molecule has 0 aliphatic carbocycles. The van der Waals surface area contributed by atoms with Gasteiger partial charge >= 0.3 is 0 Å². The number of pyridine rings is 1. The van der Waals surface area contributed by atoms with Crippen LogP contribution >= 0.6 is 0 Å². The Hall–Kier alpha value is -2.17. The number of anilines is 1. The molecule has 0 atom stereocenters. The van der Waals surface area contributed by atoms with Gasteiger partial charge in [-0.2, -0.15) is 0 Å². The summed E-state index contributed by atoms with van der Waals surface area (Å²) in [5.74, 6) is -0.183. The number of amides is 1. The summed E-state index contributed by atoms with van der Waals surface area (Å²) in [5, 5.41) is 0.828. The van der Waals surface area contributed by atoms with Gasteiger partial charge in [0.25, 0.3) is 0 Å². The smallest absolute Gasteiger partial charge is 0.219 e. The van der Waals surface area contributed by atoms with Gasteiger partial charge in [0.05, 0.1) is 0 Å². The molecular weight excluding hydrogens is 269 g/mol. The molecule has 2 aromatic rings. The number of para-hydroxylation sites is 1. The number of halogens is 1. The Morgan fingerprint density at radius 1 is 1.19 bits per heavy atom. The van der Waals surface area contributed by atoms with Gasteiger partial charge in [-0.1, -0.05) is 12.1 Å². The van der Waals surface area contributed by atoms with Crippen molar-refractivity contribution >= 4 is 22.5 Å². The van der Waals surface area contributed by atoms with Gasteiger partial charge in [0.2, 0.25) is 5.91 Å². The fourth-order valence-electron chi connectivity index (χ4n) is 2.87. The molecule has 0 saturated carbocycles. The van der Waals surface area contributed by atoms with Crippen molar-refractivity contribution < 1.29 is 9.18 Å². The van der Waals surface area contributed by atoms with E-state index in [1.54, 1.807) is 19.2 Å². The molecule has 3 rings (SSSR count). The number of carbonyl (C=O) groups is 1. The number of rotatable bonds is 1. The summed E-state index contributed by atoms with van der Waals surface area (Å²) in [6.07, 6.45) is 2.56. The van der Waals surface area contributed by atoms with Crippen LogP contribution < -0.4 is 4.90 Å². The molecule has 0 radical (unpaired) electrons. The predicted molar refractivity (Wildman–Crippen MR) is 80.8 cm³/mol. The normalized spacial score (nSPS) is 16.1. The SMILES string of the molecule is CC(=O)N1CCCN(c2ccnc3c(F)cccc23)CC1. The molecule has 1 aliphatic heterocycles. The minimum atomic E-state index is -0.297. The molecule has 1 aliphatic rings. The Kier molecular flexibility index (Phi) is 3.73. The number of aromatic nitrogens is 1. The Morgan fingerprint density at radius 2 is 2.05 bits per heavy atom. The van der Waals surface area contributed by atoms with E-state index in [1.807, 2.05) is 17.0 Å². The molecule has 1 aromatic heterocycles. The summed E-state index contributed by atoms with van der Waals surface area (Å²) in [5.41, 5.74) is 1.40. The van der Waals surface area contributed by atoms with Gasteiger partial charge in [-0.3, -0.25) is 9.78 Å². The van der Waals surface area contributed by atoms with E-state index < -0.39 is 0 Å². The van der Waals surface area contributed by atoms with Gasteiger partial charge in [-0.15, -0.1) is 0 Å². The molecule has 2 heterocycles. The number of hydrogen-bond acceptors (Lipinski definition) is 3. The molecule has 0 unspecified atom stereocenters. The Bertz CT molecular complexity index is 674. The highest BCUT2D eigenvalue weighted by Crippen LogP contribution is 2.27. The minimum Gasteiger partial charge on any atom is -0.369 e. The van der Waals surface area contributed by atoms with Crippen LogP contribution in [0.15, 0.2) is 30.5 Å². The van der Waals surface area contributed by atoms with E-state index >= 15 is 0 Å². The van der Waals surface area contributed by atoms with Crippen molar-refractivity contribution in [1.29, 1.82) is 0 Å². The highest BCUT2D eigenvalue weighted by Gasteiger charge is 2.18. The molecule has 5 heteroatoms. The lowest BCUT2D eigenvalue weighted by Crippen LogP contribution is -2.33. The van der Waals surface area contributed by atoms with E-state index in [-0.39, 0.29) is 11.7 Å². The fraction of sp³-hybridized carbons (Fsp3) is 0.375. The number of benzene rings is 1. The summed E-state index contributed by atoms with van der Waals surface area (Å²) in [6.45, 7) is 4.71. The Balaban J connectivity index is 1.94. The van der Waals surface area contributed by atoms with E-state index in [0.717, 1.165) is 37.1 Å². The van der Waals surface area contributed by atoms with Crippen molar-refractivity contribution in [3.05, 3.63) is 36.3 Å². The summed E-state index contributed by atoms with van der Waals surface area (Å²) in [7, 11) is 0. The fourth-order valence-corrected chi connectivity index (χ4v) is 2.87. The maximum atomic E-state index is 13.8. The zero-order chi connectivity index (χ0) is 14.8. The van der Waals surface area contributed by atoms with Crippen LogP contribution in [0.4, 0.5) is 10.1 Å². The molecule has 4 nitrogen and oxygen atoms in total. The summed E-state index contributed by atoms with van der Waals surface area (Å²) in [4.78, 5) is 19.7. The second kappa shape index (κ2) is 5.68. The average Bonchev–Trinajstić information content (AvgIpc) is 2.73. The monoisotopic (exact) mass is 287 g/mol. The van der Waals surface area contributed by atoms with Crippen molar-refractivity contribution in [3.63, 3.8) is 0 Å². The molecule has 110 valence electrons. The van der Waals surface area contributed by atoms with Crippen LogP contribution in [-0.2, 0) is 4.79 Å². The lowest BCUT2D eigenvalue weighted by molar-refractivity contribution is -0.128. The highest BCUT2D eigenvalue weighted by atomic mass is 19.1. The zero-order valence-electron chi connectivity index (χ0n) is 12.1. The second-order valence-electron chi connectivity index (χ2n) is 5.31. The Labute approximate surface area is 123 Å². The lowest BCUT2D eigenvalue weighted by Gasteiger charge is -2.24. The van der Waals surface area contributed by atoms with Crippen LogP contribution in [0.3, 0.4) is 0 Å². The van der Waals surface area contributed by atoms with Crippen LogP contribution in [0.2, 0.25) is 0 Å². The maximum Gasteiger partial charge on any atom is 0.219 e. The first-order valence-electron chi connectivity index (χ1n) is 7.20.